The molecule has 0 atom stereocenters. The van der Waals surface area contributed by atoms with E-state index in [0.717, 1.165) is 89.5 Å². The van der Waals surface area contributed by atoms with Gasteiger partial charge in [0.2, 0.25) is 0 Å². The van der Waals surface area contributed by atoms with Crippen LogP contribution in [0.3, 0.4) is 0 Å². The number of hydrogen-bond donors (Lipinski definition) is 1. The van der Waals surface area contributed by atoms with Gasteiger partial charge in [0.25, 0.3) is 0 Å². The van der Waals surface area contributed by atoms with Crippen molar-refractivity contribution in [3.05, 3.63) is 122 Å². The zero-order valence-corrected chi connectivity index (χ0v) is 59.8. The molecule has 0 aliphatic carbocycles. The lowest BCUT2D eigenvalue weighted by Gasteiger charge is -2.02. The molecule has 88 heavy (non-hydrogen) atoms. The van der Waals surface area contributed by atoms with Crippen LogP contribution in [0.1, 0.15) is 388 Å². The van der Waals surface area contributed by atoms with E-state index in [4.69, 9.17) is 5.11 Å². The number of allylic oxidation sites excluding steroid dienone is 20. The van der Waals surface area contributed by atoms with E-state index in [9.17, 15) is 14.4 Å². The van der Waals surface area contributed by atoms with Gasteiger partial charge in [-0.3, -0.25) is 0 Å². The molecular formula is C84H152O4. The van der Waals surface area contributed by atoms with E-state index in [0.29, 0.717) is 13.0 Å². The predicted octanol–water partition coefficient (Wildman–Crippen LogP) is 28.3. The Hall–Kier alpha value is -3.63. The summed E-state index contributed by atoms with van der Waals surface area (Å²) in [5.41, 5.74) is 0. The summed E-state index contributed by atoms with van der Waals surface area (Å²) in [6.07, 6.45) is 115. The fourth-order valence-corrected chi connectivity index (χ4v) is 9.26. The van der Waals surface area contributed by atoms with Crippen LogP contribution in [0.15, 0.2) is 122 Å². The largest absolute Gasteiger partial charge is 0.396 e. The molecule has 512 valence electrons. The van der Waals surface area contributed by atoms with E-state index in [1.165, 1.54) is 270 Å². The van der Waals surface area contributed by atoms with Gasteiger partial charge in [-0.15, -0.1) is 0 Å². The van der Waals surface area contributed by atoms with Crippen molar-refractivity contribution in [2.24, 2.45) is 0 Å². The van der Waals surface area contributed by atoms with Gasteiger partial charge < -0.3 is 19.5 Å². The van der Waals surface area contributed by atoms with E-state index in [1.807, 2.05) is 0 Å². The van der Waals surface area contributed by atoms with Gasteiger partial charge in [-0.2, -0.15) is 0 Å². The Bertz CT molecular complexity index is 1540. The summed E-state index contributed by atoms with van der Waals surface area (Å²) in [6.45, 7) is 13.6. The molecule has 0 saturated heterocycles. The minimum Gasteiger partial charge on any atom is -0.396 e. The number of unbranched alkanes of at least 4 members (excludes halogenated alkanes) is 41. The van der Waals surface area contributed by atoms with Crippen LogP contribution >= 0.6 is 0 Å². The van der Waals surface area contributed by atoms with Gasteiger partial charge in [0.05, 0.1) is 0 Å². The minimum atomic E-state index is 0.354. The Morgan fingerprint density at radius 3 is 0.716 bits per heavy atom. The first-order chi connectivity index (χ1) is 43.6. The van der Waals surface area contributed by atoms with Gasteiger partial charge in [-0.05, 0) is 180 Å². The molecule has 0 bridgehead atoms. The maximum Gasteiger partial charge on any atom is 0.120 e. The summed E-state index contributed by atoms with van der Waals surface area (Å²) in [5, 5.41) is 8.55. The maximum absolute atomic E-state index is 10.1. The molecule has 0 heterocycles. The third-order valence-electron chi connectivity index (χ3n) is 15.0. The summed E-state index contributed by atoms with van der Waals surface area (Å²) in [4.78, 5) is 30.1. The summed E-state index contributed by atoms with van der Waals surface area (Å²) < 4.78 is 0. The summed E-state index contributed by atoms with van der Waals surface area (Å²) >= 11 is 0. The lowest BCUT2D eigenvalue weighted by atomic mass is 10.0. The van der Waals surface area contributed by atoms with Crippen LogP contribution in [0.2, 0.25) is 0 Å². The third kappa shape index (κ3) is 113. The molecular weight excluding hydrogens is 1070 g/mol. The highest BCUT2D eigenvalue weighted by molar-refractivity contribution is 5.49. The van der Waals surface area contributed by atoms with Crippen molar-refractivity contribution in [3.8, 4) is 0 Å². The summed E-state index contributed by atoms with van der Waals surface area (Å²) in [6, 6.07) is 0. The standard InChI is InChI=1S/C30H54.C16H28O.C14H24O.C12H24O.C12H22O/c1-3-5-7-9-11-13-15-17-19-21-23-25-27-29-30-28-26-24-22-20-18-16-14-12-10-8-6-4-2;1-2-3-4-5-6-7-8-9-10-11-12-13-14-15-16-17;1-2-3-4-5-6-7-8-9-10-11-12-13-14-15;2*1-2-3-4-5-6-7-8-9-10-11-12-13/h5,7-11,20,22H,3-4,6,12-19,21,23-30H2,1-2H3;3-6,16H,2,7-15H2,1H3;5-6,10-11,14H,2-4,7-9,12-13H2,1H3;5-6,13H,2-4,7-12H2,1H3;6-7,12H,2-5,8-11H2,1H3. The molecule has 4 nitrogen and oxygen atoms in total. The second-order valence-electron chi connectivity index (χ2n) is 23.9. The van der Waals surface area contributed by atoms with Crippen molar-refractivity contribution >= 4 is 18.9 Å². The van der Waals surface area contributed by atoms with Crippen LogP contribution < -0.4 is 0 Å². The second-order valence-corrected chi connectivity index (χ2v) is 23.9. The molecule has 0 fully saturated rings. The van der Waals surface area contributed by atoms with Crippen LogP contribution in [0.5, 0.6) is 0 Å². The average Bonchev–Trinajstić information content (AvgIpc) is 3.54. The van der Waals surface area contributed by atoms with Crippen molar-refractivity contribution in [1.29, 1.82) is 0 Å². The normalized spacial score (nSPS) is 11.7. The molecule has 0 rings (SSSR count). The molecule has 0 aliphatic heterocycles. The molecule has 0 amide bonds. The van der Waals surface area contributed by atoms with Crippen molar-refractivity contribution in [3.63, 3.8) is 0 Å². The maximum atomic E-state index is 10.1. The molecule has 0 aromatic heterocycles. The third-order valence-corrected chi connectivity index (χ3v) is 15.0. The van der Waals surface area contributed by atoms with Crippen molar-refractivity contribution in [1.82, 2.24) is 0 Å². The zero-order chi connectivity index (χ0) is 65.2. The minimum absolute atomic E-state index is 0.354. The summed E-state index contributed by atoms with van der Waals surface area (Å²) in [5.74, 6) is 0. The van der Waals surface area contributed by atoms with Crippen LogP contribution in [0.25, 0.3) is 0 Å². The SMILES string of the molecule is CCC=CC=CCCCCCCCCCC=O.CCC=CC=CCCCCCCCCCCCCCC=CCCCCC=CCCC.CCCCC=CCCCC=CCCC=O.CCCCC=CCCCCCCO.CCCCCC=CCCCCC=O. The van der Waals surface area contributed by atoms with Crippen LogP contribution in [-0.2, 0) is 14.4 Å². The quantitative estimate of drug-likeness (QED) is 0.0285. The van der Waals surface area contributed by atoms with E-state index in [-0.39, 0.29) is 0 Å². The number of rotatable bonds is 63. The van der Waals surface area contributed by atoms with E-state index < -0.39 is 0 Å². The molecule has 0 saturated carbocycles. The lowest BCUT2D eigenvalue weighted by Crippen LogP contribution is -1.82. The van der Waals surface area contributed by atoms with Gasteiger partial charge in [-0.1, -0.05) is 311 Å². The topological polar surface area (TPSA) is 71.4 Å². The van der Waals surface area contributed by atoms with Crippen molar-refractivity contribution in [2.45, 2.75) is 388 Å². The Kier molecular flexibility index (Phi) is 108. The number of aliphatic hydroxyl groups excluding tert-OH is 1. The number of aldehydes is 3. The Morgan fingerprint density at radius 2 is 0.409 bits per heavy atom. The highest BCUT2D eigenvalue weighted by Gasteiger charge is 1.95. The molecule has 0 radical (unpaired) electrons. The molecule has 0 unspecified atom stereocenters. The summed E-state index contributed by atoms with van der Waals surface area (Å²) in [7, 11) is 0. The number of carbonyl (C=O) groups is 3. The van der Waals surface area contributed by atoms with Gasteiger partial charge in [-0.25, -0.2) is 0 Å². The molecule has 0 aromatic carbocycles. The average molecular weight is 1230 g/mol. The van der Waals surface area contributed by atoms with E-state index >= 15 is 0 Å². The Labute approximate surface area is 551 Å². The fraction of sp³-hybridized carbons (Fsp3) is 0.726. The molecule has 0 spiro atoms. The Balaban J connectivity index is -0.000000342. The highest BCUT2D eigenvalue weighted by atomic mass is 16.3. The van der Waals surface area contributed by atoms with Crippen molar-refractivity contribution in [2.75, 3.05) is 6.61 Å². The van der Waals surface area contributed by atoms with Gasteiger partial charge in [0, 0.05) is 25.9 Å². The first-order valence-electron chi connectivity index (χ1n) is 38.0. The molecule has 0 aliphatic rings. The highest BCUT2D eigenvalue weighted by Crippen LogP contribution is 2.14. The van der Waals surface area contributed by atoms with Gasteiger partial charge in [0.1, 0.15) is 18.9 Å². The predicted molar refractivity (Wildman–Crippen MR) is 400 cm³/mol. The zero-order valence-electron chi connectivity index (χ0n) is 59.8. The lowest BCUT2D eigenvalue weighted by molar-refractivity contribution is -0.108. The molecule has 4 heteroatoms. The monoisotopic (exact) mass is 1230 g/mol. The number of carbonyl (C=O) groups excluding carboxylic acids is 3. The van der Waals surface area contributed by atoms with Crippen molar-refractivity contribution < 1.29 is 19.5 Å². The van der Waals surface area contributed by atoms with Gasteiger partial charge in [0.15, 0.2) is 0 Å². The smallest absolute Gasteiger partial charge is 0.120 e. The first-order valence-corrected chi connectivity index (χ1v) is 38.0. The van der Waals surface area contributed by atoms with Crippen LogP contribution in [0.4, 0.5) is 0 Å². The van der Waals surface area contributed by atoms with Crippen LogP contribution in [0, 0.1) is 0 Å². The Morgan fingerprint density at radius 1 is 0.182 bits per heavy atom. The van der Waals surface area contributed by atoms with Gasteiger partial charge >= 0.3 is 0 Å². The molecule has 0 aromatic rings. The molecule has 1 N–H and O–H groups in total. The number of hydrogen-bond acceptors (Lipinski definition) is 4. The van der Waals surface area contributed by atoms with E-state index in [1.54, 1.807) is 0 Å². The van der Waals surface area contributed by atoms with Crippen LogP contribution in [-0.4, -0.2) is 30.6 Å². The number of aliphatic hydroxyl groups is 1. The van der Waals surface area contributed by atoms with E-state index in [2.05, 4.69) is 163 Å². The second kappa shape index (κ2) is 102. The first kappa shape index (κ1) is 93.1. The fourth-order valence-electron chi connectivity index (χ4n) is 9.26.